The summed E-state index contributed by atoms with van der Waals surface area (Å²) in [6.07, 6.45) is 1.64. The molecule has 0 N–H and O–H groups in total. The molecule has 7 heteroatoms. The zero-order valence-electron chi connectivity index (χ0n) is 15.3. The first-order valence-electron chi connectivity index (χ1n) is 8.20. The number of likely N-dealkylation sites (N-methyl/N-ethyl adjacent to an activating group) is 1. The van der Waals surface area contributed by atoms with Crippen LogP contribution in [0.1, 0.15) is 21.6 Å². The predicted molar refractivity (Wildman–Crippen MR) is 103 cm³/mol. The van der Waals surface area contributed by atoms with Crippen LogP contribution in [0.4, 0.5) is 5.13 Å². The number of fused-ring (bicyclic) bond motifs is 1. The van der Waals surface area contributed by atoms with Crippen LogP contribution in [0.2, 0.25) is 0 Å². The number of aromatic nitrogens is 3. The summed E-state index contributed by atoms with van der Waals surface area (Å²) in [4.78, 5) is 21.7. The van der Waals surface area contributed by atoms with Crippen LogP contribution in [-0.2, 0) is 7.05 Å². The fourth-order valence-electron chi connectivity index (χ4n) is 2.64. The van der Waals surface area contributed by atoms with E-state index in [2.05, 4.69) is 36.0 Å². The number of carbonyl (C=O) groups excluding carboxylic acids is 1. The topological polar surface area (TPSA) is 54.3 Å². The highest BCUT2D eigenvalue weighted by Crippen LogP contribution is 2.32. The van der Waals surface area contributed by atoms with E-state index < -0.39 is 0 Å². The van der Waals surface area contributed by atoms with Crippen molar-refractivity contribution in [1.82, 2.24) is 19.7 Å². The first-order chi connectivity index (χ1) is 11.9. The molecule has 0 aliphatic carbocycles. The van der Waals surface area contributed by atoms with Crippen LogP contribution >= 0.6 is 11.3 Å². The average molecular weight is 357 g/mol. The molecule has 0 aliphatic rings. The summed E-state index contributed by atoms with van der Waals surface area (Å²) in [6, 6.07) is 5.93. The highest BCUT2D eigenvalue weighted by atomic mass is 32.1. The van der Waals surface area contributed by atoms with E-state index in [-0.39, 0.29) is 5.91 Å². The molecule has 3 aromatic rings. The largest absolute Gasteiger partial charge is 0.308 e. The molecule has 132 valence electrons. The number of hydrogen-bond acceptors (Lipinski definition) is 5. The summed E-state index contributed by atoms with van der Waals surface area (Å²) >= 11 is 1.56. The second-order valence-electron chi connectivity index (χ2n) is 6.45. The third-order valence-electron chi connectivity index (χ3n) is 4.36. The van der Waals surface area contributed by atoms with Gasteiger partial charge in [-0.05, 0) is 51.2 Å². The van der Waals surface area contributed by atoms with Gasteiger partial charge in [0.05, 0.1) is 10.2 Å². The maximum absolute atomic E-state index is 13.1. The molecule has 0 saturated heterocycles. The molecule has 0 saturated carbocycles. The lowest BCUT2D eigenvalue weighted by atomic mass is 10.1. The van der Waals surface area contributed by atoms with Gasteiger partial charge in [0.2, 0.25) is 0 Å². The fourth-order valence-corrected chi connectivity index (χ4v) is 3.69. The first kappa shape index (κ1) is 17.6. The van der Waals surface area contributed by atoms with Crippen LogP contribution in [0.3, 0.4) is 0 Å². The van der Waals surface area contributed by atoms with Crippen LogP contribution in [0.15, 0.2) is 24.4 Å². The summed E-state index contributed by atoms with van der Waals surface area (Å²) in [5.41, 5.74) is 3.92. The van der Waals surface area contributed by atoms with Crippen LogP contribution < -0.4 is 4.90 Å². The molecule has 0 radical (unpaired) electrons. The van der Waals surface area contributed by atoms with Crippen LogP contribution in [0, 0.1) is 13.8 Å². The lowest BCUT2D eigenvalue weighted by Crippen LogP contribution is -2.37. The number of amides is 1. The molecule has 1 aromatic carbocycles. The van der Waals surface area contributed by atoms with Gasteiger partial charge >= 0.3 is 0 Å². The molecule has 2 aromatic heterocycles. The first-order valence-corrected chi connectivity index (χ1v) is 9.01. The van der Waals surface area contributed by atoms with Gasteiger partial charge in [0.25, 0.3) is 5.91 Å². The molecule has 2 heterocycles. The Balaban J connectivity index is 2.03. The van der Waals surface area contributed by atoms with Gasteiger partial charge in [-0.25, -0.2) is 4.98 Å². The molecule has 0 aliphatic heterocycles. The minimum Gasteiger partial charge on any atom is -0.308 e. The van der Waals surface area contributed by atoms with E-state index in [4.69, 9.17) is 4.98 Å². The van der Waals surface area contributed by atoms with Gasteiger partial charge in [-0.15, -0.1) is 0 Å². The second-order valence-corrected chi connectivity index (χ2v) is 7.46. The Labute approximate surface area is 151 Å². The monoisotopic (exact) mass is 357 g/mol. The maximum atomic E-state index is 13.1. The van der Waals surface area contributed by atoms with Crippen molar-refractivity contribution < 1.29 is 4.79 Å². The van der Waals surface area contributed by atoms with Crippen molar-refractivity contribution in [2.24, 2.45) is 7.05 Å². The Morgan fingerprint density at radius 3 is 2.60 bits per heavy atom. The Morgan fingerprint density at radius 1 is 1.20 bits per heavy atom. The molecule has 0 atom stereocenters. The minimum absolute atomic E-state index is 0.0738. The zero-order valence-corrected chi connectivity index (χ0v) is 16.1. The van der Waals surface area contributed by atoms with Crippen molar-refractivity contribution >= 4 is 32.6 Å². The number of rotatable bonds is 5. The number of carbonyl (C=O) groups is 1. The third-order valence-corrected chi connectivity index (χ3v) is 5.40. The van der Waals surface area contributed by atoms with Crippen molar-refractivity contribution in [3.8, 4) is 0 Å². The maximum Gasteiger partial charge on any atom is 0.278 e. The SMILES string of the molecule is Cc1ccc2sc(N(CCN(C)C)C(=O)c3ccnn3C)nc2c1C. The average Bonchev–Trinajstić information content (AvgIpc) is 3.17. The molecule has 0 unspecified atom stereocenters. The second kappa shape index (κ2) is 6.93. The van der Waals surface area contributed by atoms with Crippen molar-refractivity contribution in [3.63, 3.8) is 0 Å². The summed E-state index contributed by atoms with van der Waals surface area (Å²) in [5.74, 6) is -0.0738. The van der Waals surface area contributed by atoms with E-state index in [0.29, 0.717) is 12.2 Å². The third kappa shape index (κ3) is 3.43. The summed E-state index contributed by atoms with van der Waals surface area (Å²) < 4.78 is 2.71. The van der Waals surface area contributed by atoms with E-state index >= 15 is 0 Å². The quantitative estimate of drug-likeness (QED) is 0.705. The van der Waals surface area contributed by atoms with Crippen molar-refractivity contribution in [3.05, 3.63) is 41.2 Å². The summed E-state index contributed by atoms with van der Waals surface area (Å²) in [7, 11) is 5.78. The zero-order chi connectivity index (χ0) is 18.1. The van der Waals surface area contributed by atoms with Gasteiger partial charge in [0.1, 0.15) is 5.69 Å². The number of benzene rings is 1. The van der Waals surface area contributed by atoms with Gasteiger partial charge in [0, 0.05) is 26.3 Å². The van der Waals surface area contributed by atoms with Gasteiger partial charge < -0.3 is 4.90 Å². The normalized spacial score (nSPS) is 11.4. The smallest absolute Gasteiger partial charge is 0.278 e. The lowest BCUT2D eigenvalue weighted by Gasteiger charge is -2.21. The molecule has 0 fully saturated rings. The van der Waals surface area contributed by atoms with E-state index in [1.165, 1.54) is 11.1 Å². The molecule has 0 spiro atoms. The van der Waals surface area contributed by atoms with E-state index in [9.17, 15) is 4.79 Å². The molecule has 6 nitrogen and oxygen atoms in total. The van der Waals surface area contributed by atoms with Crippen molar-refractivity contribution in [2.45, 2.75) is 13.8 Å². The van der Waals surface area contributed by atoms with Gasteiger partial charge in [0.15, 0.2) is 5.13 Å². The van der Waals surface area contributed by atoms with E-state index in [1.54, 1.807) is 40.2 Å². The number of nitrogens with zero attached hydrogens (tertiary/aromatic N) is 5. The number of anilines is 1. The van der Waals surface area contributed by atoms with Gasteiger partial charge in [-0.2, -0.15) is 5.10 Å². The van der Waals surface area contributed by atoms with Crippen molar-refractivity contribution in [2.75, 3.05) is 32.1 Å². The number of aryl methyl sites for hydroxylation is 3. The standard InChI is InChI=1S/C18H23N5OS/c1-12-6-7-15-16(13(12)2)20-18(25-15)23(11-10-21(3)4)17(24)14-8-9-19-22(14)5/h6-9H,10-11H2,1-5H3. The number of thiazole rings is 1. The van der Waals surface area contributed by atoms with Gasteiger partial charge in [-0.3, -0.25) is 14.4 Å². The molecule has 0 bridgehead atoms. The minimum atomic E-state index is -0.0738. The Kier molecular flexibility index (Phi) is 4.87. The van der Waals surface area contributed by atoms with E-state index in [1.807, 2.05) is 14.1 Å². The van der Waals surface area contributed by atoms with E-state index in [0.717, 1.165) is 21.9 Å². The lowest BCUT2D eigenvalue weighted by molar-refractivity contribution is 0.0976. The van der Waals surface area contributed by atoms with Crippen molar-refractivity contribution in [1.29, 1.82) is 0 Å². The Hall–Kier alpha value is -2.25. The van der Waals surface area contributed by atoms with Gasteiger partial charge in [-0.1, -0.05) is 17.4 Å². The Bertz CT molecular complexity index is 911. The highest BCUT2D eigenvalue weighted by molar-refractivity contribution is 7.22. The van der Waals surface area contributed by atoms with Crippen LogP contribution in [0.25, 0.3) is 10.2 Å². The molecular formula is C18H23N5OS. The molecule has 1 amide bonds. The Morgan fingerprint density at radius 2 is 1.96 bits per heavy atom. The van der Waals surface area contributed by atoms with Crippen LogP contribution in [-0.4, -0.2) is 52.8 Å². The summed E-state index contributed by atoms with van der Waals surface area (Å²) in [6.45, 7) is 5.50. The molecule has 3 rings (SSSR count). The summed E-state index contributed by atoms with van der Waals surface area (Å²) in [5, 5.41) is 4.85. The molecular weight excluding hydrogens is 334 g/mol. The van der Waals surface area contributed by atoms with Crippen LogP contribution in [0.5, 0.6) is 0 Å². The fraction of sp³-hybridized carbons (Fsp3) is 0.389. The molecule has 25 heavy (non-hydrogen) atoms. The predicted octanol–water partition coefficient (Wildman–Crippen LogP) is 2.86. The number of hydrogen-bond donors (Lipinski definition) is 0. The highest BCUT2D eigenvalue weighted by Gasteiger charge is 2.24.